The van der Waals surface area contributed by atoms with E-state index in [1.54, 1.807) is 0 Å². The second-order valence-electron chi connectivity index (χ2n) is 5.81. The molecule has 1 fully saturated rings. The van der Waals surface area contributed by atoms with Crippen LogP contribution in [0.25, 0.3) is 6.08 Å². The van der Waals surface area contributed by atoms with Gasteiger partial charge in [-0.3, -0.25) is 14.9 Å². The van der Waals surface area contributed by atoms with E-state index in [4.69, 9.17) is 0 Å². The molecule has 1 amide bonds. The molecule has 0 aromatic heterocycles. The molecule has 0 radical (unpaired) electrons. The van der Waals surface area contributed by atoms with Crippen molar-refractivity contribution in [3.05, 3.63) is 68.1 Å². The summed E-state index contributed by atoms with van der Waals surface area (Å²) in [7, 11) is 0. The number of hydrogen-bond donors (Lipinski definition) is 1. The lowest BCUT2D eigenvalue weighted by Crippen LogP contribution is -2.19. The molecule has 7 nitrogen and oxygen atoms in total. The number of benzene rings is 2. The Balaban J connectivity index is 1.85. The molecule has 1 aliphatic heterocycles. The molecular formula is C18H14N3O4S-. The van der Waals surface area contributed by atoms with Gasteiger partial charge in [0.05, 0.1) is 15.5 Å². The zero-order valence-electron chi connectivity index (χ0n) is 14.0. The average Bonchev–Trinajstić information content (AvgIpc) is 2.85. The average molecular weight is 368 g/mol. The molecule has 1 saturated heterocycles. The fourth-order valence-corrected chi connectivity index (χ4v) is 3.38. The van der Waals surface area contributed by atoms with Gasteiger partial charge in [-0.15, -0.1) is 0 Å². The predicted molar refractivity (Wildman–Crippen MR) is 99.3 cm³/mol. The topological polar surface area (TPSA) is 108 Å². The fraction of sp³-hybridized carbons (Fsp3) is 0.111. The van der Waals surface area contributed by atoms with Gasteiger partial charge < -0.3 is 10.4 Å². The van der Waals surface area contributed by atoms with Crippen LogP contribution in [0.2, 0.25) is 0 Å². The van der Waals surface area contributed by atoms with Crippen LogP contribution in [0.15, 0.2) is 46.3 Å². The van der Waals surface area contributed by atoms with Crippen LogP contribution in [0.3, 0.4) is 0 Å². The summed E-state index contributed by atoms with van der Waals surface area (Å²) in [6, 6.07) is 9.56. The highest BCUT2D eigenvalue weighted by Crippen LogP contribution is 2.30. The Bertz CT molecular complexity index is 962. The van der Waals surface area contributed by atoms with Crippen molar-refractivity contribution in [2.45, 2.75) is 13.8 Å². The molecule has 0 atom stereocenters. The van der Waals surface area contributed by atoms with Crippen LogP contribution < -0.4 is 10.4 Å². The summed E-state index contributed by atoms with van der Waals surface area (Å²) in [6.07, 6.45) is 1.51. The van der Waals surface area contributed by atoms with Gasteiger partial charge in [0.25, 0.3) is 11.6 Å². The first-order valence-corrected chi connectivity index (χ1v) is 8.47. The molecule has 0 saturated carbocycles. The minimum Gasteiger partial charge on any atom is -0.868 e. The van der Waals surface area contributed by atoms with E-state index in [1.807, 2.05) is 32.0 Å². The predicted octanol–water partition coefficient (Wildman–Crippen LogP) is 3.18. The molecule has 0 spiro atoms. The Morgan fingerprint density at radius 2 is 1.85 bits per heavy atom. The lowest BCUT2D eigenvalue weighted by atomic mass is 10.1. The summed E-state index contributed by atoms with van der Waals surface area (Å²) in [5.41, 5.74) is 2.81. The Morgan fingerprint density at radius 1 is 1.15 bits per heavy atom. The first-order chi connectivity index (χ1) is 12.3. The number of amidine groups is 1. The number of hydrogen-bond acceptors (Lipinski definition) is 6. The Kier molecular flexibility index (Phi) is 4.77. The number of aliphatic imine (C=N–C) groups is 1. The number of nitrogens with one attached hydrogen (secondary N) is 1. The number of nitro groups is 1. The van der Waals surface area contributed by atoms with Gasteiger partial charge >= 0.3 is 0 Å². The zero-order valence-corrected chi connectivity index (χ0v) is 14.8. The molecule has 0 unspecified atom stereocenters. The van der Waals surface area contributed by atoms with E-state index in [0.717, 1.165) is 40.7 Å². The van der Waals surface area contributed by atoms with Gasteiger partial charge in [0, 0.05) is 6.07 Å². The highest BCUT2D eigenvalue weighted by atomic mass is 32.2. The maximum Gasteiger partial charge on any atom is 0.264 e. The molecular weight excluding hydrogens is 354 g/mol. The van der Waals surface area contributed by atoms with Gasteiger partial charge in [0.15, 0.2) is 5.17 Å². The SMILES string of the molecule is Cc1cc(C)cc(N=C2NC(=O)/C(=C/c3ccc([N+](=O)[O-])c([O-])c3)S2)c1. The minimum atomic E-state index is -0.731. The third kappa shape index (κ3) is 3.92. The normalized spacial score (nSPS) is 16.9. The summed E-state index contributed by atoms with van der Waals surface area (Å²) in [4.78, 5) is 26.9. The number of amides is 1. The standard InChI is InChI=1S/C18H15N3O4S/c1-10-5-11(2)7-13(6-10)19-18-20-17(23)16(26-18)9-12-3-4-14(21(24)25)15(22)8-12/h3-9,22H,1-2H3,(H,19,20,23)/p-1/b16-9-. The Hall–Kier alpha value is -3.13. The number of nitrogens with zero attached hydrogens (tertiary/aromatic N) is 2. The third-order valence-corrected chi connectivity index (χ3v) is 4.48. The van der Waals surface area contributed by atoms with E-state index in [2.05, 4.69) is 10.3 Å². The van der Waals surface area contributed by atoms with Crippen molar-refractivity contribution in [3.63, 3.8) is 0 Å². The summed E-state index contributed by atoms with van der Waals surface area (Å²) < 4.78 is 0. The summed E-state index contributed by atoms with van der Waals surface area (Å²) >= 11 is 1.15. The number of nitro benzene ring substituents is 1. The van der Waals surface area contributed by atoms with Crippen molar-refractivity contribution < 1.29 is 14.8 Å². The molecule has 1 N–H and O–H groups in total. The smallest absolute Gasteiger partial charge is 0.264 e. The van der Waals surface area contributed by atoms with Gasteiger partial charge in [0.1, 0.15) is 0 Å². The molecule has 3 rings (SSSR count). The van der Waals surface area contributed by atoms with Gasteiger partial charge in [-0.2, -0.15) is 0 Å². The maximum absolute atomic E-state index is 12.1. The first kappa shape index (κ1) is 17.7. The van der Waals surface area contributed by atoms with Crippen molar-refractivity contribution in [2.24, 2.45) is 4.99 Å². The van der Waals surface area contributed by atoms with Crippen molar-refractivity contribution >= 4 is 40.3 Å². The van der Waals surface area contributed by atoms with Crippen LogP contribution in [0.4, 0.5) is 11.4 Å². The van der Waals surface area contributed by atoms with Crippen LogP contribution in [0, 0.1) is 24.0 Å². The van der Waals surface area contributed by atoms with Crippen LogP contribution >= 0.6 is 11.8 Å². The number of thioether (sulfide) groups is 1. The molecule has 2 aromatic carbocycles. The monoisotopic (exact) mass is 368 g/mol. The number of carbonyl (C=O) groups excluding carboxylic acids is 1. The molecule has 132 valence electrons. The zero-order chi connectivity index (χ0) is 18.8. The Morgan fingerprint density at radius 3 is 2.46 bits per heavy atom. The maximum atomic E-state index is 12.1. The minimum absolute atomic E-state index is 0.330. The number of rotatable bonds is 3. The van der Waals surface area contributed by atoms with E-state index in [0.29, 0.717) is 15.6 Å². The van der Waals surface area contributed by atoms with E-state index in [1.165, 1.54) is 12.1 Å². The van der Waals surface area contributed by atoms with Crippen molar-refractivity contribution in [1.82, 2.24) is 5.32 Å². The van der Waals surface area contributed by atoms with Gasteiger partial charge in [-0.05, 0) is 72.3 Å². The second-order valence-corrected chi connectivity index (χ2v) is 6.84. The number of aryl methyl sites for hydroxylation is 2. The van der Waals surface area contributed by atoms with Crippen molar-refractivity contribution in [1.29, 1.82) is 0 Å². The van der Waals surface area contributed by atoms with E-state index in [-0.39, 0.29) is 5.91 Å². The molecule has 8 heteroatoms. The second kappa shape index (κ2) is 7.01. The van der Waals surface area contributed by atoms with Crippen molar-refractivity contribution in [3.8, 4) is 5.75 Å². The molecule has 0 aliphatic carbocycles. The quantitative estimate of drug-likeness (QED) is 0.508. The van der Waals surface area contributed by atoms with Crippen LogP contribution in [-0.4, -0.2) is 16.0 Å². The van der Waals surface area contributed by atoms with Crippen LogP contribution in [-0.2, 0) is 4.79 Å². The summed E-state index contributed by atoms with van der Waals surface area (Å²) in [5.74, 6) is -1.03. The van der Waals surface area contributed by atoms with Crippen LogP contribution in [0.5, 0.6) is 5.75 Å². The molecule has 0 bridgehead atoms. The lowest BCUT2D eigenvalue weighted by molar-refractivity contribution is -0.398. The molecule has 1 aliphatic rings. The molecule has 1 heterocycles. The van der Waals surface area contributed by atoms with Crippen molar-refractivity contribution in [2.75, 3.05) is 0 Å². The molecule has 26 heavy (non-hydrogen) atoms. The summed E-state index contributed by atoms with van der Waals surface area (Å²) in [5, 5.41) is 25.5. The van der Waals surface area contributed by atoms with E-state index >= 15 is 0 Å². The largest absolute Gasteiger partial charge is 0.868 e. The highest BCUT2D eigenvalue weighted by molar-refractivity contribution is 8.18. The van der Waals surface area contributed by atoms with Gasteiger partial charge in [-0.1, -0.05) is 12.1 Å². The lowest BCUT2D eigenvalue weighted by Gasteiger charge is -2.06. The summed E-state index contributed by atoms with van der Waals surface area (Å²) in [6.45, 7) is 3.94. The fourth-order valence-electron chi connectivity index (χ4n) is 2.54. The Labute approximate surface area is 153 Å². The third-order valence-electron chi connectivity index (χ3n) is 3.57. The van der Waals surface area contributed by atoms with Gasteiger partial charge in [0.2, 0.25) is 0 Å². The highest BCUT2D eigenvalue weighted by Gasteiger charge is 2.24. The first-order valence-electron chi connectivity index (χ1n) is 7.65. The van der Waals surface area contributed by atoms with E-state index < -0.39 is 16.4 Å². The molecule has 2 aromatic rings. The van der Waals surface area contributed by atoms with Gasteiger partial charge in [-0.25, -0.2) is 4.99 Å². The van der Waals surface area contributed by atoms with E-state index in [9.17, 15) is 20.0 Å². The van der Waals surface area contributed by atoms with Crippen LogP contribution in [0.1, 0.15) is 16.7 Å². The number of carbonyl (C=O) groups is 1.